The number of nitrogens with one attached hydrogen (secondary N) is 1. The lowest BCUT2D eigenvalue weighted by atomic mass is 10.0. The molecule has 0 bridgehead atoms. The first-order valence-corrected chi connectivity index (χ1v) is 5.75. The summed E-state index contributed by atoms with van der Waals surface area (Å²) in [6.07, 6.45) is 6.07. The Balaban J connectivity index is 1.70. The van der Waals surface area contributed by atoms with Gasteiger partial charge in [-0.1, -0.05) is 6.42 Å². The Bertz CT molecular complexity index is 213. The zero-order chi connectivity index (χ0) is 9.97. The van der Waals surface area contributed by atoms with Crippen molar-refractivity contribution < 1.29 is 4.79 Å². The van der Waals surface area contributed by atoms with Crippen LogP contribution in [0, 0.1) is 5.92 Å². The van der Waals surface area contributed by atoms with Crippen LogP contribution in [0.5, 0.6) is 0 Å². The number of nitrogens with zero attached hydrogens (tertiary/aromatic N) is 1. The molecule has 0 aromatic rings. The zero-order valence-electron chi connectivity index (χ0n) is 8.96. The maximum absolute atomic E-state index is 11.4. The predicted octanol–water partition coefficient (Wildman–Crippen LogP) is 0.997. The van der Waals surface area contributed by atoms with Crippen molar-refractivity contribution in [3.05, 3.63) is 0 Å². The zero-order valence-corrected chi connectivity index (χ0v) is 8.96. The van der Waals surface area contributed by atoms with E-state index in [9.17, 15) is 4.79 Å². The normalized spacial score (nSPS) is 28.8. The smallest absolute Gasteiger partial charge is 0.223 e. The summed E-state index contributed by atoms with van der Waals surface area (Å²) in [5, 5.41) is 3.06. The van der Waals surface area contributed by atoms with Gasteiger partial charge in [-0.3, -0.25) is 4.79 Å². The molecule has 14 heavy (non-hydrogen) atoms. The molecule has 0 spiro atoms. The summed E-state index contributed by atoms with van der Waals surface area (Å²) < 4.78 is 0. The largest absolute Gasteiger partial charge is 0.354 e. The van der Waals surface area contributed by atoms with Crippen LogP contribution < -0.4 is 5.32 Å². The van der Waals surface area contributed by atoms with Gasteiger partial charge < -0.3 is 10.2 Å². The summed E-state index contributed by atoms with van der Waals surface area (Å²) in [6.45, 7) is 2.04. The first-order chi connectivity index (χ1) is 6.77. The molecule has 1 N–H and O–H groups in total. The van der Waals surface area contributed by atoms with Crippen molar-refractivity contribution >= 4 is 5.91 Å². The summed E-state index contributed by atoms with van der Waals surface area (Å²) in [5.74, 6) is 0.632. The van der Waals surface area contributed by atoms with Crippen LogP contribution in [0.25, 0.3) is 0 Å². The quantitative estimate of drug-likeness (QED) is 0.730. The second kappa shape index (κ2) is 4.30. The monoisotopic (exact) mass is 196 g/mol. The summed E-state index contributed by atoms with van der Waals surface area (Å²) in [5.41, 5.74) is 0. The highest BCUT2D eigenvalue weighted by Gasteiger charge is 2.30. The lowest BCUT2D eigenvalue weighted by molar-refractivity contribution is -0.122. The van der Waals surface area contributed by atoms with Gasteiger partial charge in [0.05, 0.1) is 0 Å². The number of carbonyl (C=O) groups excluding carboxylic acids is 1. The third kappa shape index (κ3) is 2.47. The fourth-order valence-corrected chi connectivity index (χ4v) is 2.11. The van der Waals surface area contributed by atoms with Gasteiger partial charge in [0.25, 0.3) is 0 Å². The highest BCUT2D eigenvalue weighted by molar-refractivity contribution is 5.80. The minimum absolute atomic E-state index is 0.281. The van der Waals surface area contributed by atoms with Crippen molar-refractivity contribution in [3.8, 4) is 0 Å². The number of hydrogen-bond donors (Lipinski definition) is 1. The number of amides is 1. The van der Waals surface area contributed by atoms with Crippen LogP contribution in [0.1, 0.15) is 32.1 Å². The second-order valence-corrected chi connectivity index (χ2v) is 4.65. The highest BCUT2D eigenvalue weighted by atomic mass is 16.2. The Morgan fingerprint density at radius 2 is 2.14 bits per heavy atom. The Labute approximate surface area is 85.8 Å². The van der Waals surface area contributed by atoms with Gasteiger partial charge >= 0.3 is 0 Å². The predicted molar refractivity (Wildman–Crippen MR) is 56.0 cm³/mol. The van der Waals surface area contributed by atoms with E-state index in [4.69, 9.17) is 0 Å². The van der Waals surface area contributed by atoms with Gasteiger partial charge in [0.2, 0.25) is 5.91 Å². The molecule has 1 aliphatic heterocycles. The second-order valence-electron chi connectivity index (χ2n) is 4.65. The molecule has 1 saturated carbocycles. The van der Waals surface area contributed by atoms with E-state index in [1.807, 2.05) is 0 Å². The molecule has 0 aromatic carbocycles. The van der Waals surface area contributed by atoms with Gasteiger partial charge in [-0.15, -0.1) is 0 Å². The average molecular weight is 196 g/mol. The Morgan fingerprint density at radius 3 is 2.79 bits per heavy atom. The van der Waals surface area contributed by atoms with Crippen LogP contribution in [-0.2, 0) is 4.79 Å². The molecule has 1 unspecified atom stereocenters. The van der Waals surface area contributed by atoms with Crippen LogP contribution in [0.3, 0.4) is 0 Å². The van der Waals surface area contributed by atoms with Gasteiger partial charge in [0.15, 0.2) is 0 Å². The fourth-order valence-electron chi connectivity index (χ4n) is 2.11. The maximum Gasteiger partial charge on any atom is 0.223 e. The molecular weight excluding hydrogens is 176 g/mol. The molecule has 1 saturated heterocycles. The number of carbonyl (C=O) groups is 1. The average Bonchev–Trinajstić information content (AvgIpc) is 2.99. The number of hydrogen-bond acceptors (Lipinski definition) is 2. The lowest BCUT2D eigenvalue weighted by Crippen LogP contribution is -2.44. The molecular formula is C11H20N2O. The van der Waals surface area contributed by atoms with E-state index in [2.05, 4.69) is 17.3 Å². The Hall–Kier alpha value is -0.570. The number of rotatable bonds is 3. The number of likely N-dealkylation sites (N-methyl/N-ethyl adjacent to an activating group) is 1. The van der Waals surface area contributed by atoms with Crippen LogP contribution in [-0.4, -0.2) is 37.0 Å². The van der Waals surface area contributed by atoms with Crippen LogP contribution >= 0.6 is 0 Å². The summed E-state index contributed by atoms with van der Waals surface area (Å²) in [7, 11) is 2.16. The molecule has 0 aromatic heterocycles. The third-order valence-electron chi connectivity index (χ3n) is 3.38. The maximum atomic E-state index is 11.4. The molecule has 3 nitrogen and oxygen atoms in total. The fraction of sp³-hybridized carbons (Fsp3) is 0.909. The Kier molecular flexibility index (Phi) is 3.06. The lowest BCUT2D eigenvalue weighted by Gasteiger charge is -2.32. The molecule has 0 radical (unpaired) electrons. The minimum atomic E-state index is 0.281. The van der Waals surface area contributed by atoms with Gasteiger partial charge in [-0.2, -0.15) is 0 Å². The van der Waals surface area contributed by atoms with Crippen molar-refractivity contribution in [2.75, 3.05) is 20.1 Å². The molecule has 2 rings (SSSR count). The van der Waals surface area contributed by atoms with E-state index in [0.717, 1.165) is 19.4 Å². The molecule has 2 fully saturated rings. The summed E-state index contributed by atoms with van der Waals surface area (Å²) in [4.78, 5) is 13.8. The van der Waals surface area contributed by atoms with E-state index in [0.29, 0.717) is 12.0 Å². The standard InChI is InChI=1S/C11H20N2O/c1-13-7-3-2-4-10(13)8-12-11(14)9-5-6-9/h9-10H,2-8H2,1H3,(H,12,14). The molecule has 3 heteroatoms. The number of likely N-dealkylation sites (tertiary alicyclic amines) is 1. The van der Waals surface area contributed by atoms with E-state index < -0.39 is 0 Å². The topological polar surface area (TPSA) is 32.3 Å². The van der Waals surface area contributed by atoms with Gasteiger partial charge in [-0.05, 0) is 39.3 Å². The molecule has 1 atom stereocenters. The van der Waals surface area contributed by atoms with Crippen LogP contribution in [0.2, 0.25) is 0 Å². The SMILES string of the molecule is CN1CCCCC1CNC(=O)C1CC1. The first-order valence-electron chi connectivity index (χ1n) is 5.75. The molecule has 1 aliphatic carbocycles. The van der Waals surface area contributed by atoms with E-state index in [1.54, 1.807) is 0 Å². The van der Waals surface area contributed by atoms with Crippen molar-refractivity contribution in [2.24, 2.45) is 5.92 Å². The van der Waals surface area contributed by atoms with E-state index in [-0.39, 0.29) is 5.91 Å². The highest BCUT2D eigenvalue weighted by Crippen LogP contribution is 2.28. The summed E-state index contributed by atoms with van der Waals surface area (Å²) >= 11 is 0. The Morgan fingerprint density at radius 1 is 1.36 bits per heavy atom. The summed E-state index contributed by atoms with van der Waals surface area (Å²) in [6, 6.07) is 0.575. The van der Waals surface area contributed by atoms with Crippen molar-refractivity contribution in [3.63, 3.8) is 0 Å². The molecule has 2 aliphatic rings. The van der Waals surface area contributed by atoms with Crippen LogP contribution in [0.15, 0.2) is 0 Å². The van der Waals surface area contributed by atoms with Gasteiger partial charge in [0.1, 0.15) is 0 Å². The van der Waals surface area contributed by atoms with Gasteiger partial charge in [-0.25, -0.2) is 0 Å². The van der Waals surface area contributed by atoms with Crippen molar-refractivity contribution in [2.45, 2.75) is 38.1 Å². The van der Waals surface area contributed by atoms with Crippen LogP contribution in [0.4, 0.5) is 0 Å². The third-order valence-corrected chi connectivity index (χ3v) is 3.38. The van der Waals surface area contributed by atoms with E-state index in [1.165, 1.54) is 25.8 Å². The van der Waals surface area contributed by atoms with E-state index >= 15 is 0 Å². The molecule has 1 heterocycles. The first kappa shape index (κ1) is 9.97. The number of piperidine rings is 1. The van der Waals surface area contributed by atoms with Crippen molar-refractivity contribution in [1.82, 2.24) is 10.2 Å². The molecule has 80 valence electrons. The van der Waals surface area contributed by atoms with Gasteiger partial charge in [0, 0.05) is 18.5 Å². The van der Waals surface area contributed by atoms with Crippen molar-refractivity contribution in [1.29, 1.82) is 0 Å². The molecule has 1 amide bonds. The minimum Gasteiger partial charge on any atom is -0.354 e.